The Morgan fingerprint density at radius 3 is 2.58 bits per heavy atom. The number of aromatic nitrogens is 2. The van der Waals surface area contributed by atoms with E-state index in [9.17, 15) is 4.79 Å². The Morgan fingerprint density at radius 1 is 0.962 bits per heavy atom. The molecule has 3 aromatic rings. The van der Waals surface area contributed by atoms with Gasteiger partial charge in [-0.25, -0.2) is 9.97 Å². The van der Waals surface area contributed by atoms with Gasteiger partial charge < -0.3 is 10.6 Å². The van der Waals surface area contributed by atoms with Gasteiger partial charge in [0, 0.05) is 18.3 Å². The molecule has 0 aliphatic heterocycles. The lowest BCUT2D eigenvalue weighted by molar-refractivity contribution is 0.102. The molecule has 0 fully saturated rings. The van der Waals surface area contributed by atoms with Crippen molar-refractivity contribution in [1.82, 2.24) is 9.97 Å². The number of hydrogen-bond acceptors (Lipinski definition) is 4. The van der Waals surface area contributed by atoms with Gasteiger partial charge in [-0.1, -0.05) is 35.9 Å². The zero-order valence-corrected chi connectivity index (χ0v) is 15.2. The zero-order valence-electron chi connectivity index (χ0n) is 15.2. The summed E-state index contributed by atoms with van der Waals surface area (Å²) in [5.41, 5.74) is 5.76. The Bertz CT molecular complexity index is 937. The summed E-state index contributed by atoms with van der Waals surface area (Å²) in [6.45, 7) is 6.75. The van der Waals surface area contributed by atoms with Crippen molar-refractivity contribution in [2.45, 2.75) is 27.3 Å². The van der Waals surface area contributed by atoms with E-state index in [1.54, 1.807) is 6.07 Å². The van der Waals surface area contributed by atoms with Gasteiger partial charge in [0.15, 0.2) is 0 Å². The summed E-state index contributed by atoms with van der Waals surface area (Å²) in [7, 11) is 0. The van der Waals surface area contributed by atoms with Crippen LogP contribution in [-0.2, 0) is 6.54 Å². The van der Waals surface area contributed by atoms with E-state index in [4.69, 9.17) is 0 Å². The van der Waals surface area contributed by atoms with Crippen molar-refractivity contribution in [1.29, 1.82) is 0 Å². The largest absolute Gasteiger partial charge is 0.366 e. The molecule has 0 aliphatic carbocycles. The first-order valence-corrected chi connectivity index (χ1v) is 8.51. The van der Waals surface area contributed by atoms with Crippen molar-refractivity contribution in [3.05, 3.63) is 82.8 Å². The number of nitrogens with zero attached hydrogens (tertiary/aromatic N) is 2. The number of anilines is 2. The third-order valence-electron chi connectivity index (χ3n) is 4.22. The molecule has 0 radical (unpaired) electrons. The average molecular weight is 346 g/mol. The van der Waals surface area contributed by atoms with Gasteiger partial charge in [-0.3, -0.25) is 4.79 Å². The third kappa shape index (κ3) is 4.45. The molecule has 5 heteroatoms. The summed E-state index contributed by atoms with van der Waals surface area (Å²) in [5.74, 6) is 0.362. The highest BCUT2D eigenvalue weighted by atomic mass is 16.1. The van der Waals surface area contributed by atoms with E-state index >= 15 is 0 Å². The van der Waals surface area contributed by atoms with Crippen LogP contribution < -0.4 is 10.6 Å². The highest BCUT2D eigenvalue weighted by molar-refractivity contribution is 6.03. The van der Waals surface area contributed by atoms with Gasteiger partial charge in [0.1, 0.15) is 17.8 Å². The van der Waals surface area contributed by atoms with Gasteiger partial charge in [-0.05, 0) is 49.6 Å². The molecule has 26 heavy (non-hydrogen) atoms. The topological polar surface area (TPSA) is 66.9 Å². The first-order valence-electron chi connectivity index (χ1n) is 8.51. The van der Waals surface area contributed by atoms with Crippen molar-refractivity contribution in [2.24, 2.45) is 0 Å². The van der Waals surface area contributed by atoms with Crippen LogP contribution in [0, 0.1) is 20.8 Å². The molecule has 5 nitrogen and oxygen atoms in total. The zero-order chi connectivity index (χ0) is 18.5. The number of benzene rings is 2. The van der Waals surface area contributed by atoms with Crippen molar-refractivity contribution in [2.75, 3.05) is 10.6 Å². The van der Waals surface area contributed by atoms with Crippen LogP contribution >= 0.6 is 0 Å². The molecule has 0 spiro atoms. The number of rotatable bonds is 5. The Balaban J connectivity index is 1.67. The summed E-state index contributed by atoms with van der Waals surface area (Å²) in [4.78, 5) is 20.7. The highest BCUT2D eigenvalue weighted by Crippen LogP contribution is 2.15. The predicted octanol–water partition coefficient (Wildman–Crippen LogP) is 4.27. The standard InChI is InChI=1S/C21H22N4O/c1-14-5-4-6-17(9-14)12-22-20-11-19(23-13-24-20)21(26)25-18-8-7-15(2)16(3)10-18/h4-11,13H,12H2,1-3H3,(H,25,26)(H,22,23,24). The molecule has 0 bridgehead atoms. The van der Waals surface area contributed by atoms with Gasteiger partial charge in [0.2, 0.25) is 0 Å². The minimum Gasteiger partial charge on any atom is -0.366 e. The van der Waals surface area contributed by atoms with Crippen molar-refractivity contribution >= 4 is 17.4 Å². The van der Waals surface area contributed by atoms with Gasteiger partial charge in [0.25, 0.3) is 5.91 Å². The first kappa shape index (κ1) is 17.6. The van der Waals surface area contributed by atoms with Crippen LogP contribution in [0.25, 0.3) is 0 Å². The summed E-state index contributed by atoms with van der Waals surface area (Å²) in [6.07, 6.45) is 1.40. The monoisotopic (exact) mass is 346 g/mol. The first-order chi connectivity index (χ1) is 12.5. The van der Waals surface area contributed by atoms with E-state index in [0.717, 1.165) is 16.8 Å². The summed E-state index contributed by atoms with van der Waals surface area (Å²) in [5, 5.41) is 6.11. The summed E-state index contributed by atoms with van der Waals surface area (Å²) >= 11 is 0. The lowest BCUT2D eigenvalue weighted by Gasteiger charge is -2.09. The van der Waals surface area contributed by atoms with E-state index in [2.05, 4.69) is 45.7 Å². The number of hydrogen-bond donors (Lipinski definition) is 2. The lowest BCUT2D eigenvalue weighted by Crippen LogP contribution is -2.15. The fourth-order valence-electron chi connectivity index (χ4n) is 2.61. The Kier molecular flexibility index (Phi) is 5.27. The lowest BCUT2D eigenvalue weighted by atomic mass is 10.1. The molecule has 0 unspecified atom stereocenters. The number of nitrogens with one attached hydrogen (secondary N) is 2. The Labute approximate surface area is 153 Å². The van der Waals surface area contributed by atoms with Gasteiger partial charge in [0.05, 0.1) is 0 Å². The quantitative estimate of drug-likeness (QED) is 0.724. The second-order valence-corrected chi connectivity index (χ2v) is 6.38. The molecule has 2 N–H and O–H groups in total. The number of carbonyl (C=O) groups is 1. The van der Waals surface area contributed by atoms with Crippen LogP contribution in [0.3, 0.4) is 0 Å². The van der Waals surface area contributed by atoms with Crippen LogP contribution in [0.5, 0.6) is 0 Å². The van der Waals surface area contributed by atoms with E-state index in [-0.39, 0.29) is 5.91 Å². The predicted molar refractivity (Wildman–Crippen MR) is 104 cm³/mol. The molecule has 2 aromatic carbocycles. The minimum atomic E-state index is -0.255. The summed E-state index contributed by atoms with van der Waals surface area (Å²) < 4.78 is 0. The van der Waals surface area contributed by atoms with Crippen LogP contribution in [-0.4, -0.2) is 15.9 Å². The van der Waals surface area contributed by atoms with Crippen LogP contribution in [0.4, 0.5) is 11.5 Å². The van der Waals surface area contributed by atoms with Gasteiger partial charge in [-0.2, -0.15) is 0 Å². The van der Waals surface area contributed by atoms with E-state index in [1.807, 2.05) is 38.1 Å². The third-order valence-corrected chi connectivity index (χ3v) is 4.22. The van der Waals surface area contributed by atoms with Crippen molar-refractivity contribution in [3.8, 4) is 0 Å². The number of amides is 1. The molecule has 1 amide bonds. The maximum Gasteiger partial charge on any atom is 0.274 e. The van der Waals surface area contributed by atoms with Crippen LogP contribution in [0.2, 0.25) is 0 Å². The van der Waals surface area contributed by atoms with E-state index in [1.165, 1.54) is 17.5 Å². The molecule has 0 atom stereocenters. The molecule has 1 heterocycles. The fraction of sp³-hybridized carbons (Fsp3) is 0.190. The molecule has 0 aliphatic rings. The van der Waals surface area contributed by atoms with Crippen molar-refractivity contribution in [3.63, 3.8) is 0 Å². The molecule has 3 rings (SSSR count). The second kappa shape index (κ2) is 7.78. The average Bonchev–Trinajstić information content (AvgIpc) is 2.63. The Morgan fingerprint density at radius 2 is 1.81 bits per heavy atom. The smallest absolute Gasteiger partial charge is 0.274 e. The van der Waals surface area contributed by atoms with Crippen LogP contribution in [0.1, 0.15) is 32.7 Å². The van der Waals surface area contributed by atoms with Gasteiger partial charge in [-0.15, -0.1) is 0 Å². The second-order valence-electron chi connectivity index (χ2n) is 6.38. The summed E-state index contributed by atoms with van der Waals surface area (Å²) in [6, 6.07) is 15.7. The minimum absolute atomic E-state index is 0.255. The van der Waals surface area contributed by atoms with Crippen LogP contribution in [0.15, 0.2) is 54.9 Å². The van der Waals surface area contributed by atoms with Gasteiger partial charge >= 0.3 is 0 Å². The number of aryl methyl sites for hydroxylation is 3. The van der Waals surface area contributed by atoms with Crippen molar-refractivity contribution < 1.29 is 4.79 Å². The van der Waals surface area contributed by atoms with E-state index < -0.39 is 0 Å². The highest BCUT2D eigenvalue weighted by Gasteiger charge is 2.10. The maximum absolute atomic E-state index is 12.5. The molecular formula is C21H22N4O. The molecule has 0 saturated carbocycles. The maximum atomic E-state index is 12.5. The molecule has 1 aromatic heterocycles. The molecule has 132 valence electrons. The molecular weight excluding hydrogens is 324 g/mol. The Hall–Kier alpha value is -3.21. The normalized spacial score (nSPS) is 10.4. The number of carbonyl (C=O) groups excluding carboxylic acids is 1. The molecule has 0 saturated heterocycles. The fourth-order valence-corrected chi connectivity index (χ4v) is 2.61. The van der Waals surface area contributed by atoms with E-state index in [0.29, 0.717) is 18.1 Å². The SMILES string of the molecule is Cc1cccc(CNc2cc(C(=O)Nc3ccc(C)c(C)c3)ncn2)c1.